The summed E-state index contributed by atoms with van der Waals surface area (Å²) < 4.78 is 0. The second kappa shape index (κ2) is 7.73. The number of aliphatic carboxylic acids is 1. The molecule has 0 aromatic carbocycles. The van der Waals surface area contributed by atoms with Crippen LogP contribution in [0, 0.1) is 5.92 Å². The number of amides is 2. The molecular formula is C12H19N3O3S. The maximum absolute atomic E-state index is 11.5. The van der Waals surface area contributed by atoms with E-state index in [1.165, 1.54) is 4.88 Å². The molecule has 1 heterocycles. The molecule has 1 aromatic rings. The van der Waals surface area contributed by atoms with Crippen LogP contribution in [0.2, 0.25) is 0 Å². The van der Waals surface area contributed by atoms with Crippen LogP contribution >= 0.6 is 11.3 Å². The topological polar surface area (TPSA) is 91.3 Å². The molecule has 0 aliphatic rings. The lowest BCUT2D eigenvalue weighted by Gasteiger charge is -2.08. The number of nitrogens with zero attached hydrogens (tertiary/aromatic N) is 1. The Kier molecular flexibility index (Phi) is 6.27. The van der Waals surface area contributed by atoms with Gasteiger partial charge in [-0.2, -0.15) is 0 Å². The minimum Gasteiger partial charge on any atom is -0.481 e. The van der Waals surface area contributed by atoms with Gasteiger partial charge in [-0.25, -0.2) is 9.78 Å². The van der Waals surface area contributed by atoms with Crippen LogP contribution in [0.1, 0.15) is 30.2 Å². The van der Waals surface area contributed by atoms with Gasteiger partial charge in [0, 0.05) is 17.6 Å². The summed E-state index contributed by atoms with van der Waals surface area (Å²) in [5.41, 5.74) is 0. The summed E-state index contributed by atoms with van der Waals surface area (Å²) in [4.78, 5) is 27.4. The van der Waals surface area contributed by atoms with Gasteiger partial charge in [-0.1, -0.05) is 13.8 Å². The smallest absolute Gasteiger partial charge is 0.315 e. The molecule has 106 valence electrons. The Morgan fingerprint density at radius 1 is 1.47 bits per heavy atom. The van der Waals surface area contributed by atoms with E-state index in [1.807, 2.05) is 6.20 Å². The Morgan fingerprint density at radius 2 is 2.21 bits per heavy atom. The van der Waals surface area contributed by atoms with Gasteiger partial charge in [0.15, 0.2) is 0 Å². The predicted octanol–water partition coefficient (Wildman–Crippen LogP) is 1.62. The Hall–Kier alpha value is -1.63. The molecule has 0 saturated carbocycles. The third-order valence-electron chi connectivity index (χ3n) is 2.63. The van der Waals surface area contributed by atoms with Crippen LogP contribution < -0.4 is 10.6 Å². The molecule has 0 aliphatic carbocycles. The first-order chi connectivity index (χ1) is 9.02. The van der Waals surface area contributed by atoms with Crippen molar-refractivity contribution in [1.29, 1.82) is 0 Å². The van der Waals surface area contributed by atoms with Crippen LogP contribution in [0.3, 0.4) is 0 Å². The number of rotatable bonds is 7. The predicted molar refractivity (Wildman–Crippen MR) is 73.1 cm³/mol. The summed E-state index contributed by atoms with van der Waals surface area (Å²) in [6, 6.07) is -0.300. The largest absolute Gasteiger partial charge is 0.481 e. The van der Waals surface area contributed by atoms with Gasteiger partial charge in [0.05, 0.1) is 12.5 Å². The molecule has 19 heavy (non-hydrogen) atoms. The van der Waals surface area contributed by atoms with Crippen LogP contribution in [0.25, 0.3) is 0 Å². The van der Waals surface area contributed by atoms with Gasteiger partial charge in [0.1, 0.15) is 5.01 Å². The summed E-state index contributed by atoms with van der Waals surface area (Å²) in [6.07, 6.45) is 3.17. The van der Waals surface area contributed by atoms with Crippen LogP contribution in [0.15, 0.2) is 6.20 Å². The zero-order valence-corrected chi connectivity index (χ0v) is 11.9. The van der Waals surface area contributed by atoms with Crippen LogP contribution in [0.5, 0.6) is 0 Å². The van der Waals surface area contributed by atoms with Gasteiger partial charge in [-0.3, -0.25) is 4.79 Å². The summed E-state index contributed by atoms with van der Waals surface area (Å²) in [5, 5.41) is 14.9. The van der Waals surface area contributed by atoms with Crippen LogP contribution in [-0.4, -0.2) is 28.6 Å². The van der Waals surface area contributed by atoms with Crippen molar-refractivity contribution in [1.82, 2.24) is 15.6 Å². The molecule has 1 unspecified atom stereocenters. The van der Waals surface area contributed by atoms with Crippen molar-refractivity contribution in [2.75, 3.05) is 6.54 Å². The van der Waals surface area contributed by atoms with Crippen molar-refractivity contribution in [3.05, 3.63) is 16.1 Å². The van der Waals surface area contributed by atoms with Gasteiger partial charge in [0.25, 0.3) is 0 Å². The van der Waals surface area contributed by atoms with E-state index in [1.54, 1.807) is 18.3 Å². The van der Waals surface area contributed by atoms with Crippen molar-refractivity contribution < 1.29 is 14.7 Å². The third kappa shape index (κ3) is 5.69. The number of aromatic nitrogens is 1. The Labute approximate surface area is 116 Å². The van der Waals surface area contributed by atoms with Crippen molar-refractivity contribution in [3.8, 4) is 0 Å². The first-order valence-electron chi connectivity index (χ1n) is 6.21. The summed E-state index contributed by atoms with van der Waals surface area (Å²) in [5.74, 6) is -1.30. The van der Waals surface area contributed by atoms with E-state index in [0.717, 1.165) is 11.4 Å². The van der Waals surface area contributed by atoms with E-state index >= 15 is 0 Å². The number of carbonyl (C=O) groups excluding carboxylic acids is 1. The highest BCUT2D eigenvalue weighted by atomic mass is 32.1. The molecule has 1 atom stereocenters. The monoisotopic (exact) mass is 285 g/mol. The van der Waals surface area contributed by atoms with Gasteiger partial charge < -0.3 is 15.7 Å². The lowest BCUT2D eigenvalue weighted by molar-refractivity contribution is -0.141. The highest BCUT2D eigenvalue weighted by molar-refractivity contribution is 7.11. The zero-order valence-electron chi connectivity index (χ0n) is 11.1. The Balaban J connectivity index is 2.19. The highest BCUT2D eigenvalue weighted by Gasteiger charge is 2.10. The molecule has 6 nitrogen and oxygen atoms in total. The van der Waals surface area contributed by atoms with Crippen LogP contribution in [-0.2, 0) is 17.8 Å². The second-order valence-electron chi connectivity index (χ2n) is 4.21. The van der Waals surface area contributed by atoms with Crippen LogP contribution in [0.4, 0.5) is 4.79 Å². The van der Waals surface area contributed by atoms with Crippen molar-refractivity contribution in [3.63, 3.8) is 0 Å². The standard InChI is InChI=1S/C12H19N3O3S/c1-3-9-6-14-10(19-9)7-15-12(18)13-5-4-8(2)11(16)17/h6,8H,3-5,7H2,1-2H3,(H,16,17)(H2,13,15,18). The van der Waals surface area contributed by atoms with Gasteiger partial charge >= 0.3 is 12.0 Å². The Bertz CT molecular complexity index is 434. The zero-order chi connectivity index (χ0) is 14.3. The van der Waals surface area contributed by atoms with Gasteiger partial charge in [-0.05, 0) is 12.8 Å². The minimum atomic E-state index is -0.850. The molecule has 1 rings (SSSR count). The van der Waals surface area contributed by atoms with Crippen molar-refractivity contribution >= 4 is 23.3 Å². The number of carbonyl (C=O) groups is 2. The average Bonchev–Trinajstić information content (AvgIpc) is 2.84. The van der Waals surface area contributed by atoms with Gasteiger partial charge in [0.2, 0.25) is 0 Å². The fraction of sp³-hybridized carbons (Fsp3) is 0.583. The molecular weight excluding hydrogens is 266 g/mol. The molecule has 0 fully saturated rings. The van der Waals surface area contributed by atoms with E-state index in [4.69, 9.17) is 5.11 Å². The van der Waals surface area contributed by atoms with E-state index in [9.17, 15) is 9.59 Å². The first kappa shape index (κ1) is 15.4. The number of nitrogens with one attached hydrogen (secondary N) is 2. The molecule has 0 spiro atoms. The maximum atomic E-state index is 11.5. The number of aryl methyl sites for hydroxylation is 1. The van der Waals surface area contributed by atoms with E-state index in [0.29, 0.717) is 19.5 Å². The number of carboxylic acid groups (broad SMARTS) is 1. The average molecular weight is 285 g/mol. The number of urea groups is 1. The first-order valence-corrected chi connectivity index (χ1v) is 7.02. The number of carboxylic acids is 1. The molecule has 0 aliphatic heterocycles. The molecule has 0 radical (unpaired) electrons. The third-order valence-corrected chi connectivity index (χ3v) is 3.78. The summed E-state index contributed by atoms with van der Waals surface area (Å²) in [7, 11) is 0. The normalized spacial score (nSPS) is 11.9. The van der Waals surface area contributed by atoms with E-state index in [2.05, 4.69) is 22.5 Å². The van der Waals surface area contributed by atoms with Crippen molar-refractivity contribution in [2.24, 2.45) is 5.92 Å². The Morgan fingerprint density at radius 3 is 2.79 bits per heavy atom. The van der Waals surface area contributed by atoms with E-state index < -0.39 is 11.9 Å². The number of hydrogen-bond donors (Lipinski definition) is 3. The summed E-state index contributed by atoms with van der Waals surface area (Å²) >= 11 is 1.58. The summed E-state index contributed by atoms with van der Waals surface area (Å²) in [6.45, 7) is 4.41. The number of thiazole rings is 1. The quantitative estimate of drug-likeness (QED) is 0.710. The fourth-order valence-electron chi connectivity index (χ4n) is 1.34. The lowest BCUT2D eigenvalue weighted by Crippen LogP contribution is -2.36. The minimum absolute atomic E-state index is 0.300. The fourth-order valence-corrected chi connectivity index (χ4v) is 2.14. The maximum Gasteiger partial charge on any atom is 0.315 e. The number of hydrogen-bond acceptors (Lipinski definition) is 4. The van der Waals surface area contributed by atoms with Crippen molar-refractivity contribution in [2.45, 2.75) is 33.2 Å². The molecule has 7 heteroatoms. The van der Waals surface area contributed by atoms with Gasteiger partial charge in [-0.15, -0.1) is 11.3 Å². The highest BCUT2D eigenvalue weighted by Crippen LogP contribution is 2.12. The lowest BCUT2D eigenvalue weighted by atomic mass is 10.1. The molecule has 0 saturated heterocycles. The molecule has 3 N–H and O–H groups in total. The molecule has 0 bridgehead atoms. The second-order valence-corrected chi connectivity index (χ2v) is 5.41. The molecule has 2 amide bonds. The van der Waals surface area contributed by atoms with E-state index in [-0.39, 0.29) is 6.03 Å². The SMILES string of the molecule is CCc1cnc(CNC(=O)NCCC(C)C(=O)O)s1. The molecule has 1 aromatic heterocycles.